The summed E-state index contributed by atoms with van der Waals surface area (Å²) in [5.41, 5.74) is 0. The summed E-state index contributed by atoms with van der Waals surface area (Å²) >= 11 is 1.58. The Hall–Kier alpha value is -1.01. The highest BCUT2D eigenvalue weighted by molar-refractivity contribution is 7.11. The number of piperidine rings is 1. The van der Waals surface area contributed by atoms with Crippen LogP contribution < -0.4 is 5.32 Å². The van der Waals surface area contributed by atoms with Gasteiger partial charge in [0.15, 0.2) is 0 Å². The van der Waals surface area contributed by atoms with Crippen LogP contribution in [0, 0.1) is 0 Å². The fraction of sp³-hybridized carbons (Fsp3) is 0.786. The number of hydrogen-bond acceptors (Lipinski definition) is 5. The first-order chi connectivity index (χ1) is 9.78. The average molecular weight is 296 g/mol. The molecule has 6 heteroatoms. The van der Waals surface area contributed by atoms with Crippen LogP contribution in [-0.4, -0.2) is 40.6 Å². The molecule has 1 aliphatic rings. The summed E-state index contributed by atoms with van der Waals surface area (Å²) in [6.45, 7) is 6.02. The van der Waals surface area contributed by atoms with E-state index in [1.54, 1.807) is 11.3 Å². The van der Waals surface area contributed by atoms with E-state index in [1.165, 1.54) is 32.4 Å². The van der Waals surface area contributed by atoms with Gasteiger partial charge in [0.2, 0.25) is 5.91 Å². The predicted molar refractivity (Wildman–Crippen MR) is 80.7 cm³/mol. The Balaban J connectivity index is 1.57. The second-order valence-electron chi connectivity index (χ2n) is 5.23. The van der Waals surface area contributed by atoms with Crippen LogP contribution in [0.5, 0.6) is 0 Å². The zero-order valence-electron chi connectivity index (χ0n) is 12.2. The molecule has 1 aliphatic heterocycles. The van der Waals surface area contributed by atoms with Gasteiger partial charge in [0.25, 0.3) is 0 Å². The first-order valence-corrected chi connectivity index (χ1v) is 8.40. The molecule has 0 saturated carbocycles. The number of carbonyl (C=O) groups is 1. The van der Waals surface area contributed by atoms with Gasteiger partial charge in [0.1, 0.15) is 10.0 Å². The SMILES string of the molecule is CCc1nnc(CNC(=O)CCCN2CCCCC2)s1. The molecule has 112 valence electrons. The van der Waals surface area contributed by atoms with Gasteiger partial charge < -0.3 is 10.2 Å². The van der Waals surface area contributed by atoms with E-state index < -0.39 is 0 Å². The van der Waals surface area contributed by atoms with Gasteiger partial charge in [-0.1, -0.05) is 24.7 Å². The molecule has 20 heavy (non-hydrogen) atoms. The Labute approximate surface area is 124 Å². The molecule has 5 nitrogen and oxygen atoms in total. The standard InChI is InChI=1S/C14H24N4OS/c1-2-13-16-17-14(20-13)11-15-12(19)7-6-10-18-8-4-3-5-9-18/h2-11H2,1H3,(H,15,19). The van der Waals surface area contributed by atoms with E-state index in [1.807, 2.05) is 0 Å². The van der Waals surface area contributed by atoms with Crippen LogP contribution in [0.1, 0.15) is 49.0 Å². The minimum absolute atomic E-state index is 0.121. The number of nitrogens with zero attached hydrogens (tertiary/aromatic N) is 3. The van der Waals surface area contributed by atoms with Crippen LogP contribution in [0.2, 0.25) is 0 Å². The Morgan fingerprint density at radius 3 is 2.70 bits per heavy atom. The largest absolute Gasteiger partial charge is 0.350 e. The van der Waals surface area contributed by atoms with Gasteiger partial charge in [0, 0.05) is 6.42 Å². The van der Waals surface area contributed by atoms with E-state index >= 15 is 0 Å². The molecule has 0 radical (unpaired) electrons. The Morgan fingerprint density at radius 1 is 1.25 bits per heavy atom. The number of rotatable bonds is 7. The number of likely N-dealkylation sites (tertiary alicyclic amines) is 1. The van der Waals surface area contributed by atoms with Crippen molar-refractivity contribution in [2.24, 2.45) is 0 Å². The molecule has 2 rings (SSSR count). The highest BCUT2D eigenvalue weighted by Gasteiger charge is 2.10. The first kappa shape index (κ1) is 15.4. The minimum atomic E-state index is 0.121. The number of aryl methyl sites for hydroxylation is 1. The lowest BCUT2D eigenvalue weighted by molar-refractivity contribution is -0.121. The van der Waals surface area contributed by atoms with Gasteiger partial charge in [0.05, 0.1) is 6.54 Å². The van der Waals surface area contributed by atoms with Crippen molar-refractivity contribution in [3.63, 3.8) is 0 Å². The van der Waals surface area contributed by atoms with Crippen LogP contribution in [0.25, 0.3) is 0 Å². The van der Waals surface area contributed by atoms with Crippen molar-refractivity contribution in [1.29, 1.82) is 0 Å². The smallest absolute Gasteiger partial charge is 0.220 e. The van der Waals surface area contributed by atoms with Gasteiger partial charge in [-0.3, -0.25) is 4.79 Å². The predicted octanol–water partition coefficient (Wildman–Crippen LogP) is 1.98. The first-order valence-electron chi connectivity index (χ1n) is 7.58. The van der Waals surface area contributed by atoms with Crippen molar-refractivity contribution >= 4 is 17.2 Å². The van der Waals surface area contributed by atoms with E-state index in [0.717, 1.165) is 29.4 Å². The van der Waals surface area contributed by atoms with E-state index in [9.17, 15) is 4.79 Å². The maximum Gasteiger partial charge on any atom is 0.220 e. The molecule has 2 heterocycles. The molecule has 1 aromatic rings. The molecule has 1 N–H and O–H groups in total. The molecule has 0 bridgehead atoms. The maximum absolute atomic E-state index is 11.8. The van der Waals surface area contributed by atoms with Gasteiger partial charge in [-0.15, -0.1) is 10.2 Å². The average Bonchev–Trinajstić information content (AvgIpc) is 2.94. The lowest BCUT2D eigenvalue weighted by atomic mass is 10.1. The number of nitrogens with one attached hydrogen (secondary N) is 1. The molecular weight excluding hydrogens is 272 g/mol. The van der Waals surface area contributed by atoms with E-state index in [-0.39, 0.29) is 5.91 Å². The molecule has 0 atom stereocenters. The monoisotopic (exact) mass is 296 g/mol. The molecule has 1 amide bonds. The highest BCUT2D eigenvalue weighted by atomic mass is 32.1. The van der Waals surface area contributed by atoms with Crippen molar-refractivity contribution in [2.75, 3.05) is 19.6 Å². The van der Waals surface area contributed by atoms with Crippen LogP contribution in [0.15, 0.2) is 0 Å². The molecule has 0 aromatic carbocycles. The van der Waals surface area contributed by atoms with Crippen molar-refractivity contribution in [3.8, 4) is 0 Å². The molecular formula is C14H24N4OS. The zero-order valence-corrected chi connectivity index (χ0v) is 13.0. The molecule has 0 aliphatic carbocycles. The summed E-state index contributed by atoms with van der Waals surface area (Å²) in [5.74, 6) is 0.121. The van der Waals surface area contributed by atoms with Crippen LogP contribution >= 0.6 is 11.3 Å². The Bertz CT molecular complexity index is 415. The Morgan fingerprint density at radius 2 is 2.00 bits per heavy atom. The minimum Gasteiger partial charge on any atom is -0.350 e. The van der Waals surface area contributed by atoms with Gasteiger partial charge in [-0.25, -0.2) is 0 Å². The van der Waals surface area contributed by atoms with Crippen molar-refractivity contribution in [1.82, 2.24) is 20.4 Å². The van der Waals surface area contributed by atoms with Crippen LogP contribution in [0.4, 0.5) is 0 Å². The third-order valence-corrected chi connectivity index (χ3v) is 4.64. The van der Waals surface area contributed by atoms with Crippen LogP contribution in [0.3, 0.4) is 0 Å². The number of amides is 1. The molecule has 1 aromatic heterocycles. The molecule has 0 unspecified atom stereocenters. The third kappa shape index (κ3) is 5.17. The van der Waals surface area contributed by atoms with Gasteiger partial charge in [-0.05, 0) is 45.3 Å². The lowest BCUT2D eigenvalue weighted by Gasteiger charge is -2.26. The van der Waals surface area contributed by atoms with Crippen molar-refractivity contribution in [3.05, 3.63) is 10.0 Å². The summed E-state index contributed by atoms with van der Waals surface area (Å²) in [7, 11) is 0. The summed E-state index contributed by atoms with van der Waals surface area (Å²) < 4.78 is 0. The maximum atomic E-state index is 11.8. The zero-order chi connectivity index (χ0) is 14.2. The van der Waals surface area contributed by atoms with Crippen LogP contribution in [-0.2, 0) is 17.8 Å². The van der Waals surface area contributed by atoms with E-state index in [0.29, 0.717) is 13.0 Å². The number of aromatic nitrogens is 2. The Kier molecular flexibility index (Phi) is 6.39. The second-order valence-corrected chi connectivity index (χ2v) is 6.37. The quantitative estimate of drug-likeness (QED) is 0.836. The molecule has 1 saturated heterocycles. The second kappa shape index (κ2) is 8.32. The number of hydrogen-bond donors (Lipinski definition) is 1. The fourth-order valence-corrected chi connectivity index (χ4v) is 3.14. The third-order valence-electron chi connectivity index (χ3n) is 3.57. The normalized spacial score (nSPS) is 16.2. The molecule has 0 spiro atoms. The van der Waals surface area contributed by atoms with Crippen molar-refractivity contribution in [2.45, 2.75) is 52.0 Å². The highest BCUT2D eigenvalue weighted by Crippen LogP contribution is 2.10. The van der Waals surface area contributed by atoms with E-state index in [2.05, 4.69) is 27.3 Å². The number of carbonyl (C=O) groups excluding carboxylic acids is 1. The van der Waals surface area contributed by atoms with Crippen molar-refractivity contribution < 1.29 is 4.79 Å². The molecule has 1 fully saturated rings. The van der Waals surface area contributed by atoms with E-state index in [4.69, 9.17) is 0 Å². The summed E-state index contributed by atoms with van der Waals surface area (Å²) in [6.07, 6.45) is 6.43. The topological polar surface area (TPSA) is 58.1 Å². The lowest BCUT2D eigenvalue weighted by Crippen LogP contribution is -2.31. The van der Waals surface area contributed by atoms with Gasteiger partial charge in [-0.2, -0.15) is 0 Å². The summed E-state index contributed by atoms with van der Waals surface area (Å²) in [4.78, 5) is 14.2. The fourth-order valence-electron chi connectivity index (χ4n) is 2.41. The summed E-state index contributed by atoms with van der Waals surface area (Å²) in [6, 6.07) is 0. The summed E-state index contributed by atoms with van der Waals surface area (Å²) in [5, 5.41) is 13.0. The van der Waals surface area contributed by atoms with Gasteiger partial charge >= 0.3 is 0 Å².